The number of ether oxygens (including phenoxy) is 1. The molecular weight excluding hydrogens is 297 g/mol. The van der Waals surface area contributed by atoms with Gasteiger partial charge in [0.05, 0.1) is 12.2 Å². The van der Waals surface area contributed by atoms with E-state index < -0.39 is 5.82 Å². The van der Waals surface area contributed by atoms with Gasteiger partial charge in [-0.3, -0.25) is 9.78 Å². The molecule has 1 fully saturated rings. The number of carbonyl (C=O) groups is 1. The molecule has 0 saturated carbocycles. The average molecular weight is 315 g/mol. The van der Waals surface area contributed by atoms with Crippen molar-refractivity contribution < 1.29 is 13.9 Å². The number of benzene rings is 1. The van der Waals surface area contributed by atoms with Crippen molar-refractivity contribution in [2.45, 2.75) is 25.4 Å². The summed E-state index contributed by atoms with van der Waals surface area (Å²) in [5.74, 6) is 0.0866. The van der Waals surface area contributed by atoms with Crippen LogP contribution in [-0.2, 0) is 11.3 Å². The van der Waals surface area contributed by atoms with Gasteiger partial charge in [-0.05, 0) is 49.2 Å². The van der Waals surface area contributed by atoms with Gasteiger partial charge >= 0.3 is 0 Å². The maximum atomic E-state index is 14.1. The Hall–Kier alpha value is -2.47. The summed E-state index contributed by atoms with van der Waals surface area (Å²) < 4.78 is 19.5. The Balaban J connectivity index is 1.59. The first-order valence-electron chi connectivity index (χ1n) is 7.60. The van der Waals surface area contributed by atoms with Crippen LogP contribution < -0.4 is 15.4 Å². The summed E-state index contributed by atoms with van der Waals surface area (Å²) in [6, 6.07) is 7.94. The lowest BCUT2D eigenvalue weighted by atomic mass is 10.2. The van der Waals surface area contributed by atoms with E-state index in [-0.39, 0.29) is 17.7 Å². The largest absolute Gasteiger partial charge is 0.453 e. The predicted octanol–water partition coefficient (Wildman–Crippen LogP) is 2.38. The average Bonchev–Trinajstić information content (AvgIpc) is 3.10. The zero-order chi connectivity index (χ0) is 16.1. The van der Waals surface area contributed by atoms with E-state index in [0.29, 0.717) is 17.9 Å². The number of nitrogens with one attached hydrogen (secondary N) is 2. The van der Waals surface area contributed by atoms with Gasteiger partial charge in [0.2, 0.25) is 5.91 Å². The number of halogens is 1. The number of carbonyl (C=O) groups excluding carboxylic acids is 1. The van der Waals surface area contributed by atoms with E-state index in [9.17, 15) is 9.18 Å². The van der Waals surface area contributed by atoms with Gasteiger partial charge in [0.25, 0.3) is 0 Å². The molecule has 23 heavy (non-hydrogen) atoms. The molecule has 6 heteroatoms. The Kier molecular flexibility index (Phi) is 4.83. The molecule has 0 unspecified atom stereocenters. The molecule has 3 rings (SSSR count). The van der Waals surface area contributed by atoms with E-state index in [1.807, 2.05) is 0 Å². The fraction of sp³-hybridized carbons (Fsp3) is 0.294. The minimum Gasteiger partial charge on any atom is -0.453 e. The van der Waals surface area contributed by atoms with Crippen LogP contribution in [-0.4, -0.2) is 23.5 Å². The van der Waals surface area contributed by atoms with Crippen molar-refractivity contribution in [1.82, 2.24) is 15.6 Å². The van der Waals surface area contributed by atoms with E-state index in [1.165, 1.54) is 12.3 Å². The van der Waals surface area contributed by atoms with Crippen molar-refractivity contribution in [2.24, 2.45) is 0 Å². The van der Waals surface area contributed by atoms with Gasteiger partial charge in [0.1, 0.15) is 5.75 Å². The normalized spacial score (nSPS) is 17.0. The van der Waals surface area contributed by atoms with Crippen LogP contribution in [0, 0.1) is 5.82 Å². The molecule has 0 aliphatic carbocycles. The van der Waals surface area contributed by atoms with E-state index in [4.69, 9.17) is 4.74 Å². The number of amides is 1. The molecule has 2 N–H and O–H groups in total. The molecule has 5 nitrogen and oxygen atoms in total. The highest BCUT2D eigenvalue weighted by atomic mass is 19.1. The molecular formula is C17H18FN3O2. The van der Waals surface area contributed by atoms with Crippen molar-refractivity contribution in [2.75, 3.05) is 6.54 Å². The summed E-state index contributed by atoms with van der Waals surface area (Å²) in [7, 11) is 0. The highest BCUT2D eigenvalue weighted by Gasteiger charge is 2.21. The highest BCUT2D eigenvalue weighted by molar-refractivity contribution is 5.81. The molecule has 1 saturated heterocycles. The Morgan fingerprint density at radius 3 is 3.04 bits per heavy atom. The Bertz CT molecular complexity index is 673. The highest BCUT2D eigenvalue weighted by Crippen LogP contribution is 2.24. The third kappa shape index (κ3) is 4.04. The molecule has 1 aromatic carbocycles. The summed E-state index contributed by atoms with van der Waals surface area (Å²) in [5, 5.41) is 5.95. The number of aromatic nitrogens is 1. The monoisotopic (exact) mass is 315 g/mol. The molecule has 2 heterocycles. The second-order valence-electron chi connectivity index (χ2n) is 5.42. The summed E-state index contributed by atoms with van der Waals surface area (Å²) in [6.07, 6.45) is 4.99. The predicted molar refractivity (Wildman–Crippen MR) is 83.6 cm³/mol. The minimum absolute atomic E-state index is 0.0430. The number of rotatable bonds is 5. The summed E-state index contributed by atoms with van der Waals surface area (Å²) >= 11 is 0. The third-order valence-electron chi connectivity index (χ3n) is 3.70. The first-order chi connectivity index (χ1) is 11.2. The lowest BCUT2D eigenvalue weighted by molar-refractivity contribution is -0.122. The Labute approximate surface area is 133 Å². The maximum absolute atomic E-state index is 14.1. The number of pyridine rings is 1. The molecule has 1 aliphatic heterocycles. The van der Waals surface area contributed by atoms with Crippen molar-refractivity contribution >= 4 is 5.91 Å². The number of nitrogens with zero attached hydrogens (tertiary/aromatic N) is 1. The molecule has 1 amide bonds. The van der Waals surface area contributed by atoms with E-state index in [0.717, 1.165) is 19.4 Å². The third-order valence-corrected chi connectivity index (χ3v) is 3.70. The topological polar surface area (TPSA) is 63.2 Å². The second-order valence-corrected chi connectivity index (χ2v) is 5.42. The first-order valence-corrected chi connectivity index (χ1v) is 7.60. The van der Waals surface area contributed by atoms with Crippen LogP contribution in [0.4, 0.5) is 4.39 Å². The zero-order valence-electron chi connectivity index (χ0n) is 12.6. The standard InChI is InChI=1S/C17H18FN3O2/c18-14-9-12(10-21-17(22)15-4-2-8-20-15)5-6-16(14)23-13-3-1-7-19-11-13/h1,3,5-7,9,11,15,20H,2,4,8,10H2,(H,21,22)/t15-/m1/s1. The SMILES string of the molecule is O=C(NCc1ccc(Oc2cccnc2)c(F)c1)[C@H]1CCCN1. The lowest BCUT2D eigenvalue weighted by Crippen LogP contribution is -2.40. The van der Waals surface area contributed by atoms with Crippen LogP contribution in [0.15, 0.2) is 42.7 Å². The van der Waals surface area contributed by atoms with Crippen LogP contribution in [0.2, 0.25) is 0 Å². The van der Waals surface area contributed by atoms with Crippen molar-refractivity contribution in [3.63, 3.8) is 0 Å². The van der Waals surface area contributed by atoms with Gasteiger partial charge in [-0.15, -0.1) is 0 Å². The first kappa shape index (κ1) is 15.4. The molecule has 1 atom stereocenters. The van der Waals surface area contributed by atoms with Crippen LogP contribution in [0.3, 0.4) is 0 Å². The van der Waals surface area contributed by atoms with Crippen LogP contribution in [0.5, 0.6) is 11.5 Å². The zero-order valence-corrected chi connectivity index (χ0v) is 12.6. The molecule has 2 aromatic rings. The van der Waals surface area contributed by atoms with Gasteiger partial charge < -0.3 is 15.4 Å². The summed E-state index contributed by atoms with van der Waals surface area (Å²) in [4.78, 5) is 15.8. The van der Waals surface area contributed by atoms with Gasteiger partial charge in [-0.2, -0.15) is 0 Å². The van der Waals surface area contributed by atoms with Gasteiger partial charge in [-0.1, -0.05) is 6.07 Å². The smallest absolute Gasteiger partial charge is 0.237 e. The molecule has 1 aromatic heterocycles. The van der Waals surface area contributed by atoms with E-state index >= 15 is 0 Å². The fourth-order valence-electron chi connectivity index (χ4n) is 2.49. The Morgan fingerprint density at radius 1 is 1.43 bits per heavy atom. The molecule has 0 radical (unpaired) electrons. The molecule has 1 aliphatic rings. The minimum atomic E-state index is -0.473. The van der Waals surface area contributed by atoms with E-state index in [1.54, 1.807) is 30.5 Å². The Morgan fingerprint density at radius 2 is 2.35 bits per heavy atom. The maximum Gasteiger partial charge on any atom is 0.237 e. The lowest BCUT2D eigenvalue weighted by Gasteiger charge is -2.12. The van der Waals surface area contributed by atoms with Gasteiger partial charge in [0.15, 0.2) is 11.6 Å². The van der Waals surface area contributed by atoms with Crippen LogP contribution in [0.25, 0.3) is 0 Å². The van der Waals surface area contributed by atoms with Crippen LogP contribution in [0.1, 0.15) is 18.4 Å². The fourth-order valence-corrected chi connectivity index (χ4v) is 2.49. The van der Waals surface area contributed by atoms with Crippen molar-refractivity contribution in [3.8, 4) is 11.5 Å². The second kappa shape index (κ2) is 7.19. The van der Waals surface area contributed by atoms with Gasteiger partial charge in [0, 0.05) is 12.7 Å². The van der Waals surface area contributed by atoms with E-state index in [2.05, 4.69) is 15.6 Å². The molecule has 0 spiro atoms. The number of hydrogen-bond donors (Lipinski definition) is 2. The van der Waals surface area contributed by atoms with Gasteiger partial charge in [-0.25, -0.2) is 4.39 Å². The quantitative estimate of drug-likeness (QED) is 0.889. The van der Waals surface area contributed by atoms with Crippen molar-refractivity contribution in [3.05, 3.63) is 54.1 Å². The molecule has 120 valence electrons. The summed E-state index contributed by atoms with van der Waals surface area (Å²) in [6.45, 7) is 1.16. The molecule has 0 bridgehead atoms. The van der Waals surface area contributed by atoms with Crippen LogP contribution >= 0.6 is 0 Å². The summed E-state index contributed by atoms with van der Waals surface area (Å²) in [5.41, 5.74) is 0.687. The van der Waals surface area contributed by atoms with Crippen molar-refractivity contribution in [1.29, 1.82) is 0 Å². The number of hydrogen-bond acceptors (Lipinski definition) is 4.